The maximum atomic E-state index is 12.0. The van der Waals surface area contributed by atoms with Gasteiger partial charge in [0.05, 0.1) is 18.5 Å². The van der Waals surface area contributed by atoms with Gasteiger partial charge in [-0.3, -0.25) is 9.79 Å². The van der Waals surface area contributed by atoms with Gasteiger partial charge in [0.15, 0.2) is 5.17 Å². The fourth-order valence-electron chi connectivity index (χ4n) is 2.18. The molecule has 0 bridgehead atoms. The van der Waals surface area contributed by atoms with Crippen molar-refractivity contribution in [2.45, 2.75) is 6.42 Å². The van der Waals surface area contributed by atoms with E-state index in [4.69, 9.17) is 5.11 Å². The van der Waals surface area contributed by atoms with Crippen LogP contribution in [0, 0.1) is 0 Å². The van der Waals surface area contributed by atoms with E-state index in [-0.39, 0.29) is 17.9 Å². The number of hydrogen-bond donors (Lipinski definition) is 2. The van der Waals surface area contributed by atoms with E-state index in [2.05, 4.69) is 15.2 Å². The molecule has 2 aliphatic heterocycles. The minimum Gasteiger partial charge on any atom is -0.478 e. The normalized spacial score (nSPS) is 16.3. The second-order valence-corrected chi connectivity index (χ2v) is 5.49. The summed E-state index contributed by atoms with van der Waals surface area (Å²) in [6, 6.07) is 6.10. The van der Waals surface area contributed by atoms with E-state index in [1.807, 2.05) is 5.41 Å². The number of fused-ring (bicyclic) bond motifs is 1. The van der Waals surface area contributed by atoms with Crippen molar-refractivity contribution in [2.24, 2.45) is 4.99 Å². The minimum atomic E-state index is -0.984. The van der Waals surface area contributed by atoms with Crippen molar-refractivity contribution < 1.29 is 14.7 Å². The summed E-state index contributed by atoms with van der Waals surface area (Å²) in [4.78, 5) is 29.2. The van der Waals surface area contributed by atoms with Crippen LogP contribution < -0.4 is 5.32 Å². The summed E-state index contributed by atoms with van der Waals surface area (Å²) in [7, 11) is 0. The number of rotatable bonds is 4. The Morgan fingerprint density at radius 2 is 2.10 bits per heavy atom. The van der Waals surface area contributed by atoms with E-state index >= 15 is 0 Å². The zero-order chi connectivity index (χ0) is 14.8. The average Bonchev–Trinajstić information content (AvgIpc) is 3.04. The third-order valence-electron chi connectivity index (χ3n) is 3.21. The molecular formula is C14H13N3O3S. The number of carbonyl (C=O) groups is 2. The fourth-order valence-corrected chi connectivity index (χ4v) is 3.13. The number of hydrogen-bond acceptors (Lipinski definition) is 5. The van der Waals surface area contributed by atoms with Gasteiger partial charge in [-0.05, 0) is 29.7 Å². The Labute approximate surface area is 125 Å². The highest BCUT2D eigenvalue weighted by Crippen LogP contribution is 2.30. The molecule has 2 heterocycles. The van der Waals surface area contributed by atoms with E-state index in [1.165, 1.54) is 12.1 Å². The van der Waals surface area contributed by atoms with Crippen LogP contribution in [-0.2, 0) is 4.79 Å². The number of nitrogens with zero attached hydrogens (tertiary/aromatic N) is 2. The van der Waals surface area contributed by atoms with Crippen LogP contribution in [0.15, 0.2) is 40.4 Å². The molecule has 1 aromatic carbocycles. The topological polar surface area (TPSA) is 82.0 Å². The molecule has 0 radical (unpaired) electrons. The monoisotopic (exact) mass is 303 g/mol. The van der Waals surface area contributed by atoms with E-state index < -0.39 is 5.97 Å². The Kier molecular flexibility index (Phi) is 3.66. The van der Waals surface area contributed by atoms with Gasteiger partial charge in [0, 0.05) is 17.9 Å². The summed E-state index contributed by atoms with van der Waals surface area (Å²) in [5, 5.41) is 14.5. The van der Waals surface area contributed by atoms with Crippen LogP contribution in [0.1, 0.15) is 16.8 Å². The van der Waals surface area contributed by atoms with Crippen LogP contribution in [0.3, 0.4) is 0 Å². The zero-order valence-electron chi connectivity index (χ0n) is 11.1. The van der Waals surface area contributed by atoms with Gasteiger partial charge in [0.2, 0.25) is 5.91 Å². The first-order chi connectivity index (χ1) is 10.1. The van der Waals surface area contributed by atoms with Crippen molar-refractivity contribution in [3.05, 3.63) is 40.9 Å². The van der Waals surface area contributed by atoms with Gasteiger partial charge in [0.1, 0.15) is 0 Å². The average molecular weight is 303 g/mol. The Hall–Kier alpha value is -2.28. The molecule has 21 heavy (non-hydrogen) atoms. The van der Waals surface area contributed by atoms with Gasteiger partial charge in [0.25, 0.3) is 0 Å². The number of aliphatic imine (C=N–C) groups is 1. The molecule has 1 amide bonds. The predicted octanol–water partition coefficient (Wildman–Crippen LogP) is 1.97. The first-order valence-electron chi connectivity index (χ1n) is 6.44. The molecule has 0 saturated heterocycles. The number of carbonyl (C=O) groups excluding carboxylic acids is 1. The SMILES string of the molecule is O=C(CC1=CSC2=NCCN12)Nc1ccc(C(=O)O)cc1. The van der Waals surface area contributed by atoms with Gasteiger partial charge in [-0.15, -0.1) is 0 Å². The summed E-state index contributed by atoms with van der Waals surface area (Å²) < 4.78 is 0. The molecule has 0 fully saturated rings. The number of benzene rings is 1. The van der Waals surface area contributed by atoms with Crippen LogP contribution in [-0.4, -0.2) is 40.1 Å². The standard InChI is InChI=1S/C14H13N3O3S/c18-12(7-11-8-21-14-15-5-6-17(11)14)16-10-3-1-9(2-4-10)13(19)20/h1-4,8H,5-7H2,(H,16,18)(H,19,20). The number of thioether (sulfide) groups is 1. The smallest absolute Gasteiger partial charge is 0.335 e. The molecule has 6 nitrogen and oxygen atoms in total. The van der Waals surface area contributed by atoms with E-state index in [0.717, 1.165) is 24.0 Å². The minimum absolute atomic E-state index is 0.127. The second-order valence-electron chi connectivity index (χ2n) is 4.65. The quantitative estimate of drug-likeness (QED) is 0.888. The maximum absolute atomic E-state index is 12.0. The molecule has 3 rings (SSSR count). The molecule has 2 N–H and O–H groups in total. The predicted molar refractivity (Wildman–Crippen MR) is 81.3 cm³/mol. The lowest BCUT2D eigenvalue weighted by atomic mass is 10.2. The Balaban J connectivity index is 1.59. The summed E-state index contributed by atoms with van der Waals surface area (Å²) >= 11 is 1.54. The van der Waals surface area contributed by atoms with Gasteiger partial charge >= 0.3 is 5.97 Å². The summed E-state index contributed by atoms with van der Waals surface area (Å²) in [6.07, 6.45) is 0.284. The molecule has 0 unspecified atom stereocenters. The number of nitrogens with one attached hydrogen (secondary N) is 1. The molecular weight excluding hydrogens is 290 g/mol. The molecule has 7 heteroatoms. The number of aromatic carboxylic acids is 1. The number of carboxylic acid groups (broad SMARTS) is 1. The summed E-state index contributed by atoms with van der Waals surface area (Å²) in [5.41, 5.74) is 1.74. The van der Waals surface area contributed by atoms with Gasteiger partial charge in [-0.25, -0.2) is 4.79 Å². The highest BCUT2D eigenvalue weighted by Gasteiger charge is 2.27. The Morgan fingerprint density at radius 1 is 1.33 bits per heavy atom. The van der Waals surface area contributed by atoms with Crippen molar-refractivity contribution >= 4 is 34.5 Å². The molecule has 0 atom stereocenters. The molecule has 0 saturated carbocycles. The van der Waals surface area contributed by atoms with Gasteiger partial charge in [-0.1, -0.05) is 11.8 Å². The van der Waals surface area contributed by atoms with Crippen LogP contribution in [0.25, 0.3) is 0 Å². The first kappa shape index (κ1) is 13.7. The lowest BCUT2D eigenvalue weighted by molar-refractivity contribution is -0.115. The van der Waals surface area contributed by atoms with Crippen molar-refractivity contribution in [3.8, 4) is 0 Å². The lowest BCUT2D eigenvalue weighted by Gasteiger charge is -2.16. The number of amidine groups is 1. The van der Waals surface area contributed by atoms with Crippen LogP contribution in [0.4, 0.5) is 5.69 Å². The van der Waals surface area contributed by atoms with Crippen molar-refractivity contribution in [3.63, 3.8) is 0 Å². The highest BCUT2D eigenvalue weighted by atomic mass is 32.2. The van der Waals surface area contributed by atoms with E-state index in [0.29, 0.717) is 5.69 Å². The summed E-state index contributed by atoms with van der Waals surface area (Å²) in [6.45, 7) is 1.60. The molecule has 108 valence electrons. The zero-order valence-corrected chi connectivity index (χ0v) is 11.9. The lowest BCUT2D eigenvalue weighted by Crippen LogP contribution is -2.24. The Morgan fingerprint density at radius 3 is 2.81 bits per heavy atom. The van der Waals surface area contributed by atoms with E-state index in [9.17, 15) is 9.59 Å². The third-order valence-corrected chi connectivity index (χ3v) is 4.16. The van der Waals surface area contributed by atoms with Crippen LogP contribution in [0.2, 0.25) is 0 Å². The molecule has 1 aromatic rings. The molecule has 0 aromatic heterocycles. The molecule has 0 aliphatic carbocycles. The Bertz CT molecular complexity index is 652. The second kappa shape index (κ2) is 5.61. The highest BCUT2D eigenvalue weighted by molar-refractivity contribution is 8.16. The number of amides is 1. The summed E-state index contributed by atoms with van der Waals surface area (Å²) in [5.74, 6) is -1.11. The van der Waals surface area contributed by atoms with Gasteiger partial charge < -0.3 is 15.3 Å². The van der Waals surface area contributed by atoms with Crippen LogP contribution in [0.5, 0.6) is 0 Å². The first-order valence-corrected chi connectivity index (χ1v) is 7.32. The van der Waals surface area contributed by atoms with Gasteiger partial charge in [-0.2, -0.15) is 0 Å². The molecule has 2 aliphatic rings. The fraction of sp³-hybridized carbons (Fsp3) is 0.214. The maximum Gasteiger partial charge on any atom is 0.335 e. The largest absolute Gasteiger partial charge is 0.478 e. The van der Waals surface area contributed by atoms with Crippen LogP contribution >= 0.6 is 11.8 Å². The molecule has 0 spiro atoms. The number of anilines is 1. The van der Waals surface area contributed by atoms with Crippen molar-refractivity contribution in [2.75, 3.05) is 18.4 Å². The number of carboxylic acids is 1. The van der Waals surface area contributed by atoms with Crippen molar-refractivity contribution in [1.29, 1.82) is 0 Å². The third kappa shape index (κ3) is 2.92. The van der Waals surface area contributed by atoms with Crippen molar-refractivity contribution in [1.82, 2.24) is 4.90 Å². The van der Waals surface area contributed by atoms with E-state index in [1.54, 1.807) is 23.9 Å².